The van der Waals surface area contributed by atoms with Crippen LogP contribution in [0.3, 0.4) is 0 Å². The molecule has 0 amide bonds. The van der Waals surface area contributed by atoms with Gasteiger partial charge in [-0.15, -0.1) is 0 Å². The van der Waals surface area contributed by atoms with Crippen LogP contribution in [0.2, 0.25) is 0 Å². The molecule has 0 radical (unpaired) electrons. The standard InChI is InChI=1S/C23H19N5O/c24-13-16-2-1-3-17(10-16)18-4-5-19-14-25-23(20(19)11-18)21-12-22(27-15-26-21)28-6-8-29-9-7-28/h1-5,10-12,15H,6-9,14H2. The average Bonchev–Trinajstić information content (AvgIpc) is 3.23. The summed E-state index contributed by atoms with van der Waals surface area (Å²) in [6.45, 7) is 3.75. The van der Waals surface area contributed by atoms with Gasteiger partial charge in [0.05, 0.1) is 42.8 Å². The fourth-order valence-corrected chi connectivity index (χ4v) is 3.79. The second-order valence-electron chi connectivity index (χ2n) is 7.09. The highest BCUT2D eigenvalue weighted by molar-refractivity contribution is 6.14. The van der Waals surface area contributed by atoms with Crippen LogP contribution in [0.1, 0.15) is 22.4 Å². The Morgan fingerprint density at radius 1 is 0.966 bits per heavy atom. The molecule has 1 saturated heterocycles. The van der Waals surface area contributed by atoms with E-state index >= 15 is 0 Å². The smallest absolute Gasteiger partial charge is 0.132 e. The molecule has 1 fully saturated rings. The quantitative estimate of drug-likeness (QED) is 0.696. The zero-order valence-corrected chi connectivity index (χ0v) is 15.9. The second-order valence-corrected chi connectivity index (χ2v) is 7.09. The van der Waals surface area contributed by atoms with Crippen molar-refractivity contribution in [3.63, 3.8) is 0 Å². The maximum atomic E-state index is 9.19. The van der Waals surface area contributed by atoms with Crippen LogP contribution in [0.4, 0.5) is 5.82 Å². The van der Waals surface area contributed by atoms with Gasteiger partial charge in [-0.1, -0.05) is 24.3 Å². The topological polar surface area (TPSA) is 74.4 Å². The minimum atomic E-state index is 0.653. The first-order chi connectivity index (χ1) is 14.3. The van der Waals surface area contributed by atoms with Gasteiger partial charge in [-0.05, 0) is 34.9 Å². The van der Waals surface area contributed by atoms with Crippen molar-refractivity contribution in [1.29, 1.82) is 5.26 Å². The molecule has 1 aromatic heterocycles. The van der Waals surface area contributed by atoms with Crippen molar-refractivity contribution >= 4 is 11.5 Å². The van der Waals surface area contributed by atoms with Crippen molar-refractivity contribution in [3.05, 3.63) is 77.2 Å². The van der Waals surface area contributed by atoms with Crippen LogP contribution < -0.4 is 4.90 Å². The summed E-state index contributed by atoms with van der Waals surface area (Å²) in [6.07, 6.45) is 1.61. The molecule has 0 N–H and O–H groups in total. The number of aliphatic imine (C=N–C) groups is 1. The van der Waals surface area contributed by atoms with E-state index in [1.165, 1.54) is 5.56 Å². The number of rotatable bonds is 3. The third-order valence-corrected chi connectivity index (χ3v) is 5.33. The normalized spacial score (nSPS) is 15.6. The predicted molar refractivity (Wildman–Crippen MR) is 111 cm³/mol. The summed E-state index contributed by atoms with van der Waals surface area (Å²) in [5, 5.41) is 9.19. The summed E-state index contributed by atoms with van der Waals surface area (Å²) in [5.41, 5.74) is 6.76. The molecule has 0 spiro atoms. The minimum absolute atomic E-state index is 0.653. The Morgan fingerprint density at radius 2 is 1.83 bits per heavy atom. The van der Waals surface area contributed by atoms with Gasteiger partial charge in [-0.25, -0.2) is 9.97 Å². The van der Waals surface area contributed by atoms with Gasteiger partial charge in [0.25, 0.3) is 0 Å². The Labute approximate surface area is 169 Å². The number of anilines is 1. The van der Waals surface area contributed by atoms with Crippen molar-refractivity contribution in [2.45, 2.75) is 6.54 Å². The first-order valence-corrected chi connectivity index (χ1v) is 9.65. The number of nitrogens with zero attached hydrogens (tertiary/aromatic N) is 5. The number of hydrogen-bond donors (Lipinski definition) is 0. The van der Waals surface area contributed by atoms with Gasteiger partial charge in [0.2, 0.25) is 0 Å². The second kappa shape index (κ2) is 7.46. The van der Waals surface area contributed by atoms with Gasteiger partial charge in [-0.3, -0.25) is 4.99 Å². The lowest BCUT2D eigenvalue weighted by Crippen LogP contribution is -2.36. The molecular formula is C23H19N5O. The molecule has 2 aliphatic rings. The minimum Gasteiger partial charge on any atom is -0.378 e. The van der Waals surface area contributed by atoms with Gasteiger partial charge < -0.3 is 9.64 Å². The van der Waals surface area contributed by atoms with Crippen molar-refractivity contribution in [1.82, 2.24) is 9.97 Å². The molecule has 0 atom stereocenters. The fourth-order valence-electron chi connectivity index (χ4n) is 3.79. The Kier molecular flexibility index (Phi) is 4.51. The number of aromatic nitrogens is 2. The van der Waals surface area contributed by atoms with Crippen LogP contribution in [0.25, 0.3) is 11.1 Å². The van der Waals surface area contributed by atoms with Gasteiger partial charge in [-0.2, -0.15) is 5.26 Å². The summed E-state index contributed by atoms with van der Waals surface area (Å²) in [5.74, 6) is 0.910. The maximum Gasteiger partial charge on any atom is 0.132 e. The zero-order valence-electron chi connectivity index (χ0n) is 15.9. The van der Waals surface area contributed by atoms with E-state index in [1.54, 1.807) is 6.33 Å². The van der Waals surface area contributed by atoms with Crippen molar-refractivity contribution in [2.24, 2.45) is 4.99 Å². The lowest BCUT2D eigenvalue weighted by atomic mass is 9.96. The predicted octanol–water partition coefficient (Wildman–Crippen LogP) is 3.20. The van der Waals surface area contributed by atoms with Gasteiger partial charge in [0.15, 0.2) is 0 Å². The molecule has 6 heteroatoms. The van der Waals surface area contributed by atoms with E-state index in [9.17, 15) is 5.26 Å². The van der Waals surface area contributed by atoms with Crippen LogP contribution in [-0.2, 0) is 11.3 Å². The fraction of sp³-hybridized carbons (Fsp3) is 0.217. The van der Waals surface area contributed by atoms with E-state index in [0.717, 1.165) is 47.0 Å². The molecule has 0 saturated carbocycles. The molecule has 3 aromatic rings. The molecule has 2 aliphatic heterocycles. The number of ether oxygens (including phenoxy) is 1. The molecule has 0 aliphatic carbocycles. The van der Waals surface area contributed by atoms with E-state index < -0.39 is 0 Å². The number of nitriles is 1. The number of morpholine rings is 1. The van der Waals surface area contributed by atoms with Gasteiger partial charge >= 0.3 is 0 Å². The Morgan fingerprint density at radius 3 is 2.69 bits per heavy atom. The third kappa shape index (κ3) is 3.37. The monoisotopic (exact) mass is 381 g/mol. The third-order valence-electron chi connectivity index (χ3n) is 5.33. The average molecular weight is 381 g/mol. The van der Waals surface area contributed by atoms with Crippen LogP contribution in [0.5, 0.6) is 0 Å². The largest absolute Gasteiger partial charge is 0.378 e. The van der Waals surface area contributed by atoms with Crippen molar-refractivity contribution < 1.29 is 4.74 Å². The van der Waals surface area contributed by atoms with Crippen molar-refractivity contribution in [2.75, 3.05) is 31.2 Å². The SMILES string of the molecule is N#Cc1cccc(-c2ccc3c(c2)C(c2cc(N4CCOCC4)ncn2)=NC3)c1. The van der Waals surface area contributed by atoms with Crippen LogP contribution in [0.15, 0.2) is 59.9 Å². The Bertz CT molecular complexity index is 1140. The lowest BCUT2D eigenvalue weighted by Gasteiger charge is -2.27. The number of fused-ring (bicyclic) bond motifs is 1. The highest BCUT2D eigenvalue weighted by atomic mass is 16.5. The van der Waals surface area contributed by atoms with E-state index in [-0.39, 0.29) is 0 Å². The molecule has 5 rings (SSSR count). The molecule has 29 heavy (non-hydrogen) atoms. The van der Waals surface area contributed by atoms with Gasteiger partial charge in [0.1, 0.15) is 12.1 Å². The number of hydrogen-bond acceptors (Lipinski definition) is 6. The van der Waals surface area contributed by atoms with E-state index in [0.29, 0.717) is 25.3 Å². The Balaban J connectivity index is 1.50. The van der Waals surface area contributed by atoms with E-state index in [1.807, 2.05) is 30.3 Å². The first-order valence-electron chi connectivity index (χ1n) is 9.65. The lowest BCUT2D eigenvalue weighted by molar-refractivity contribution is 0.122. The molecule has 0 unspecified atom stereocenters. The molecule has 142 valence electrons. The highest BCUT2D eigenvalue weighted by Crippen LogP contribution is 2.29. The summed E-state index contributed by atoms with van der Waals surface area (Å²) in [7, 11) is 0. The van der Waals surface area contributed by atoms with Crippen LogP contribution >= 0.6 is 0 Å². The molecular weight excluding hydrogens is 362 g/mol. The highest BCUT2D eigenvalue weighted by Gasteiger charge is 2.21. The molecule has 6 nitrogen and oxygen atoms in total. The number of benzene rings is 2. The van der Waals surface area contributed by atoms with Crippen LogP contribution in [-0.4, -0.2) is 42.0 Å². The van der Waals surface area contributed by atoms with E-state index in [2.05, 4.69) is 39.1 Å². The molecule has 3 heterocycles. The van der Waals surface area contributed by atoms with Crippen LogP contribution in [0, 0.1) is 11.3 Å². The van der Waals surface area contributed by atoms with Crippen molar-refractivity contribution in [3.8, 4) is 17.2 Å². The molecule has 0 bridgehead atoms. The zero-order chi connectivity index (χ0) is 19.6. The van der Waals surface area contributed by atoms with E-state index in [4.69, 9.17) is 9.73 Å². The molecule has 2 aromatic carbocycles. The summed E-state index contributed by atoms with van der Waals surface area (Å²) >= 11 is 0. The maximum absolute atomic E-state index is 9.19. The summed E-state index contributed by atoms with van der Waals surface area (Å²) < 4.78 is 5.44. The van der Waals surface area contributed by atoms with Gasteiger partial charge in [0, 0.05) is 24.7 Å². The summed E-state index contributed by atoms with van der Waals surface area (Å²) in [6, 6.07) is 18.2. The summed E-state index contributed by atoms with van der Waals surface area (Å²) in [4.78, 5) is 15.9. The first kappa shape index (κ1) is 17.5. The Hall–Kier alpha value is -3.56.